The molecule has 0 aliphatic heterocycles. The number of amides is 1. The Morgan fingerprint density at radius 2 is 2.00 bits per heavy atom. The van der Waals surface area contributed by atoms with E-state index in [1.54, 1.807) is 6.07 Å². The van der Waals surface area contributed by atoms with Crippen molar-refractivity contribution in [1.29, 1.82) is 0 Å². The van der Waals surface area contributed by atoms with Crippen molar-refractivity contribution >= 4 is 17.6 Å². The van der Waals surface area contributed by atoms with E-state index in [0.29, 0.717) is 11.3 Å². The Kier molecular flexibility index (Phi) is 3.56. The van der Waals surface area contributed by atoms with Crippen molar-refractivity contribution in [1.82, 2.24) is 4.98 Å². The summed E-state index contributed by atoms with van der Waals surface area (Å²) in [5.41, 5.74) is 1.95. The number of hydrogen-bond acceptors (Lipinski definition) is 3. The van der Waals surface area contributed by atoms with Gasteiger partial charge in [0.25, 0.3) is 5.91 Å². The van der Waals surface area contributed by atoms with Gasteiger partial charge < -0.3 is 10.4 Å². The minimum Gasteiger partial charge on any atom is -0.477 e. The van der Waals surface area contributed by atoms with Crippen LogP contribution in [0.5, 0.6) is 0 Å². The fourth-order valence-electron chi connectivity index (χ4n) is 1.58. The molecule has 2 rings (SSSR count). The summed E-state index contributed by atoms with van der Waals surface area (Å²) in [5, 5.41) is 11.4. The van der Waals surface area contributed by atoms with Crippen molar-refractivity contribution < 1.29 is 14.7 Å². The van der Waals surface area contributed by atoms with Gasteiger partial charge in [-0.05, 0) is 36.8 Å². The Bertz CT molecular complexity index is 621. The van der Waals surface area contributed by atoms with Gasteiger partial charge in [-0.15, -0.1) is 0 Å². The first-order valence-corrected chi connectivity index (χ1v) is 5.63. The number of aromatic carboxylic acids is 1. The van der Waals surface area contributed by atoms with Crippen molar-refractivity contribution in [2.45, 2.75) is 6.92 Å². The maximum atomic E-state index is 11.9. The second-order valence-corrected chi connectivity index (χ2v) is 4.06. The van der Waals surface area contributed by atoms with Crippen LogP contribution in [0.2, 0.25) is 0 Å². The summed E-state index contributed by atoms with van der Waals surface area (Å²) >= 11 is 0. The number of nitrogens with one attached hydrogen (secondary N) is 1. The number of aryl methyl sites for hydroxylation is 1. The highest BCUT2D eigenvalue weighted by atomic mass is 16.4. The lowest BCUT2D eigenvalue weighted by atomic mass is 10.2. The highest BCUT2D eigenvalue weighted by Crippen LogP contribution is 2.11. The summed E-state index contributed by atoms with van der Waals surface area (Å²) in [5.74, 6) is -1.44. The Hall–Kier alpha value is -2.69. The van der Waals surface area contributed by atoms with E-state index >= 15 is 0 Å². The highest BCUT2D eigenvalue weighted by molar-refractivity contribution is 6.04. The molecule has 2 N–H and O–H groups in total. The van der Waals surface area contributed by atoms with E-state index in [-0.39, 0.29) is 11.6 Å². The van der Waals surface area contributed by atoms with Crippen molar-refractivity contribution in [2.24, 2.45) is 0 Å². The molecule has 1 heterocycles. The number of carbonyl (C=O) groups excluding carboxylic acids is 1. The molecule has 1 amide bonds. The van der Waals surface area contributed by atoms with Gasteiger partial charge in [-0.3, -0.25) is 4.79 Å². The standard InChI is InChI=1S/C14H12N2O3/c1-9-3-2-4-11(7-9)16-13(17)10-5-6-12(14(18)19)15-8-10/h2-8H,1H3,(H,16,17)(H,18,19). The zero-order valence-electron chi connectivity index (χ0n) is 10.3. The average molecular weight is 256 g/mol. The lowest BCUT2D eigenvalue weighted by molar-refractivity contribution is 0.0690. The quantitative estimate of drug-likeness (QED) is 0.883. The monoisotopic (exact) mass is 256 g/mol. The third-order valence-electron chi connectivity index (χ3n) is 2.52. The largest absolute Gasteiger partial charge is 0.477 e. The van der Waals surface area contributed by atoms with Gasteiger partial charge in [-0.1, -0.05) is 12.1 Å². The number of carbonyl (C=O) groups is 2. The number of carboxylic acids is 1. The van der Waals surface area contributed by atoms with Crippen molar-refractivity contribution in [2.75, 3.05) is 5.32 Å². The van der Waals surface area contributed by atoms with Crippen LogP contribution >= 0.6 is 0 Å². The molecule has 0 saturated carbocycles. The van der Waals surface area contributed by atoms with E-state index in [1.165, 1.54) is 18.3 Å². The van der Waals surface area contributed by atoms with Crippen LogP contribution in [0.25, 0.3) is 0 Å². The third-order valence-corrected chi connectivity index (χ3v) is 2.52. The summed E-state index contributed by atoms with van der Waals surface area (Å²) in [6.45, 7) is 1.93. The molecule has 96 valence electrons. The van der Waals surface area contributed by atoms with Crippen molar-refractivity contribution in [3.8, 4) is 0 Å². The molecule has 0 unspecified atom stereocenters. The van der Waals surface area contributed by atoms with E-state index < -0.39 is 5.97 Å². The van der Waals surface area contributed by atoms with Crippen LogP contribution in [0.1, 0.15) is 26.4 Å². The minimum atomic E-state index is -1.12. The van der Waals surface area contributed by atoms with Gasteiger partial charge in [0.2, 0.25) is 0 Å². The molecule has 2 aromatic rings. The van der Waals surface area contributed by atoms with Crippen LogP contribution < -0.4 is 5.32 Å². The maximum Gasteiger partial charge on any atom is 0.354 e. The average Bonchev–Trinajstić information content (AvgIpc) is 2.39. The SMILES string of the molecule is Cc1cccc(NC(=O)c2ccc(C(=O)O)nc2)c1. The normalized spacial score (nSPS) is 9.95. The number of carboxylic acid groups (broad SMARTS) is 1. The molecule has 0 bridgehead atoms. The van der Waals surface area contributed by atoms with E-state index in [4.69, 9.17) is 5.11 Å². The topological polar surface area (TPSA) is 79.3 Å². The molecule has 19 heavy (non-hydrogen) atoms. The summed E-state index contributed by atoms with van der Waals surface area (Å²) in [7, 11) is 0. The zero-order chi connectivity index (χ0) is 13.8. The summed E-state index contributed by atoms with van der Waals surface area (Å²) < 4.78 is 0. The fraction of sp³-hybridized carbons (Fsp3) is 0.0714. The molecular formula is C14H12N2O3. The predicted octanol–water partition coefficient (Wildman–Crippen LogP) is 2.34. The number of nitrogens with zero attached hydrogens (tertiary/aromatic N) is 1. The molecule has 0 spiro atoms. The highest BCUT2D eigenvalue weighted by Gasteiger charge is 2.09. The van der Waals surface area contributed by atoms with Crippen LogP contribution in [-0.2, 0) is 0 Å². The first-order valence-electron chi connectivity index (χ1n) is 5.63. The lowest BCUT2D eigenvalue weighted by Gasteiger charge is -2.05. The first-order chi connectivity index (χ1) is 9.06. The molecule has 0 aliphatic rings. The van der Waals surface area contributed by atoms with Gasteiger partial charge in [0, 0.05) is 11.9 Å². The number of anilines is 1. The molecule has 0 saturated heterocycles. The second-order valence-electron chi connectivity index (χ2n) is 4.06. The first kappa shape index (κ1) is 12.8. The lowest BCUT2D eigenvalue weighted by Crippen LogP contribution is -2.13. The zero-order valence-corrected chi connectivity index (χ0v) is 10.3. The third kappa shape index (κ3) is 3.16. The number of rotatable bonds is 3. The smallest absolute Gasteiger partial charge is 0.354 e. The number of aromatic nitrogens is 1. The van der Waals surface area contributed by atoms with Gasteiger partial charge in [0.1, 0.15) is 5.69 Å². The summed E-state index contributed by atoms with van der Waals surface area (Å²) in [6.07, 6.45) is 1.24. The molecule has 1 aromatic heterocycles. The van der Waals surface area contributed by atoms with Crippen molar-refractivity contribution in [3.63, 3.8) is 0 Å². The number of benzene rings is 1. The minimum absolute atomic E-state index is 0.0906. The maximum absolute atomic E-state index is 11.9. The van der Waals surface area contributed by atoms with Gasteiger partial charge in [-0.25, -0.2) is 9.78 Å². The van der Waals surface area contributed by atoms with Crippen LogP contribution in [-0.4, -0.2) is 22.0 Å². The number of hydrogen-bond donors (Lipinski definition) is 2. The Balaban J connectivity index is 2.14. The van der Waals surface area contributed by atoms with E-state index in [9.17, 15) is 9.59 Å². The molecular weight excluding hydrogens is 244 g/mol. The summed E-state index contributed by atoms with van der Waals surface area (Å²) in [4.78, 5) is 26.3. The van der Waals surface area contributed by atoms with Crippen LogP contribution in [0.15, 0.2) is 42.6 Å². The Morgan fingerprint density at radius 1 is 1.21 bits per heavy atom. The molecule has 5 nitrogen and oxygen atoms in total. The molecule has 0 fully saturated rings. The Labute approximate surface area is 109 Å². The molecule has 1 aromatic carbocycles. The van der Waals surface area contributed by atoms with Gasteiger partial charge >= 0.3 is 5.97 Å². The summed E-state index contributed by atoms with van der Waals surface area (Å²) in [6, 6.07) is 10.1. The molecule has 0 radical (unpaired) electrons. The van der Waals surface area contributed by atoms with Crippen molar-refractivity contribution in [3.05, 3.63) is 59.4 Å². The number of pyridine rings is 1. The van der Waals surface area contributed by atoms with Crippen LogP contribution in [0, 0.1) is 6.92 Å². The van der Waals surface area contributed by atoms with E-state index in [0.717, 1.165) is 5.56 Å². The Morgan fingerprint density at radius 3 is 2.58 bits per heavy atom. The fourth-order valence-corrected chi connectivity index (χ4v) is 1.58. The molecule has 0 aliphatic carbocycles. The van der Waals surface area contributed by atoms with Crippen LogP contribution in [0.4, 0.5) is 5.69 Å². The van der Waals surface area contributed by atoms with E-state index in [2.05, 4.69) is 10.3 Å². The van der Waals surface area contributed by atoms with Crippen LogP contribution in [0.3, 0.4) is 0 Å². The molecule has 5 heteroatoms. The van der Waals surface area contributed by atoms with Gasteiger partial charge in [-0.2, -0.15) is 0 Å². The second kappa shape index (κ2) is 5.30. The van der Waals surface area contributed by atoms with Gasteiger partial charge in [0.15, 0.2) is 0 Å². The van der Waals surface area contributed by atoms with Gasteiger partial charge in [0.05, 0.1) is 5.56 Å². The predicted molar refractivity (Wildman–Crippen MR) is 70.3 cm³/mol. The molecule has 0 atom stereocenters. The van der Waals surface area contributed by atoms with E-state index in [1.807, 2.05) is 25.1 Å².